The minimum absolute atomic E-state index is 0.0676. The Bertz CT molecular complexity index is 512. The molecule has 2 rings (SSSR count). The minimum Gasteiger partial charge on any atom is -0.346 e. The second-order valence-corrected chi connectivity index (χ2v) is 5.03. The lowest BCUT2D eigenvalue weighted by Gasteiger charge is -2.12. The van der Waals surface area contributed by atoms with E-state index in [1.165, 1.54) is 0 Å². The molecule has 0 aliphatic rings. The van der Waals surface area contributed by atoms with Gasteiger partial charge in [-0.1, -0.05) is 26.0 Å². The third-order valence-electron chi connectivity index (χ3n) is 2.79. The van der Waals surface area contributed by atoms with E-state index in [2.05, 4.69) is 15.3 Å². The first-order valence-electron chi connectivity index (χ1n) is 6.30. The van der Waals surface area contributed by atoms with Crippen molar-refractivity contribution in [1.29, 1.82) is 0 Å². The van der Waals surface area contributed by atoms with E-state index in [1.54, 1.807) is 0 Å². The van der Waals surface area contributed by atoms with Gasteiger partial charge in [0.05, 0.1) is 17.1 Å². The first-order chi connectivity index (χ1) is 8.56. The van der Waals surface area contributed by atoms with Crippen LogP contribution in [0.4, 0.5) is 0 Å². The smallest absolute Gasteiger partial charge is 0.220 e. The molecule has 0 fully saturated rings. The molecular formula is C14H19N3O. The second kappa shape index (κ2) is 5.21. The summed E-state index contributed by atoms with van der Waals surface area (Å²) in [6.45, 7) is 6.01. The average Bonchev–Trinajstić information content (AvgIpc) is 2.71. The lowest BCUT2D eigenvalue weighted by Crippen LogP contribution is -2.28. The fourth-order valence-electron chi connectivity index (χ4n) is 1.92. The molecule has 1 heterocycles. The largest absolute Gasteiger partial charge is 0.346 e. The molecule has 1 aromatic heterocycles. The molecule has 1 aromatic carbocycles. The number of H-pyrrole nitrogens is 1. The van der Waals surface area contributed by atoms with Crippen LogP contribution in [0.5, 0.6) is 0 Å². The van der Waals surface area contributed by atoms with Gasteiger partial charge in [0.1, 0.15) is 5.82 Å². The summed E-state index contributed by atoms with van der Waals surface area (Å²) in [7, 11) is 0. The van der Waals surface area contributed by atoms with Crippen molar-refractivity contribution in [3.63, 3.8) is 0 Å². The van der Waals surface area contributed by atoms with Crippen LogP contribution in [0.25, 0.3) is 11.0 Å². The molecule has 0 aliphatic carbocycles. The lowest BCUT2D eigenvalue weighted by molar-refractivity contribution is -0.122. The van der Waals surface area contributed by atoms with Crippen molar-refractivity contribution in [3.05, 3.63) is 30.1 Å². The predicted octanol–water partition coefficient (Wildman–Crippen LogP) is 2.79. The lowest BCUT2D eigenvalue weighted by atomic mass is 10.1. The van der Waals surface area contributed by atoms with Crippen LogP contribution >= 0.6 is 0 Å². The number of aromatic amines is 1. The molecule has 0 saturated heterocycles. The molecule has 0 aliphatic heterocycles. The topological polar surface area (TPSA) is 57.8 Å². The van der Waals surface area contributed by atoms with Crippen molar-refractivity contribution in [1.82, 2.24) is 15.3 Å². The van der Waals surface area contributed by atoms with Gasteiger partial charge >= 0.3 is 0 Å². The fourth-order valence-corrected chi connectivity index (χ4v) is 1.92. The van der Waals surface area contributed by atoms with Crippen LogP contribution in [0.3, 0.4) is 0 Å². The number of carbonyl (C=O) groups excluding carboxylic acids is 1. The first kappa shape index (κ1) is 12.6. The van der Waals surface area contributed by atoms with Crippen molar-refractivity contribution in [2.24, 2.45) is 5.92 Å². The Morgan fingerprint density at radius 3 is 2.72 bits per heavy atom. The molecule has 0 bridgehead atoms. The van der Waals surface area contributed by atoms with Gasteiger partial charge in [-0.3, -0.25) is 4.79 Å². The Hall–Kier alpha value is -1.84. The maximum atomic E-state index is 11.7. The standard InChI is InChI=1S/C14H19N3O/c1-9(2)8-13(18)15-10(3)14-16-11-6-4-5-7-12(11)17-14/h4-7,9-10H,8H2,1-3H3,(H,15,18)(H,16,17). The third-order valence-corrected chi connectivity index (χ3v) is 2.79. The van der Waals surface area contributed by atoms with E-state index in [0.717, 1.165) is 16.9 Å². The molecule has 4 heteroatoms. The SMILES string of the molecule is CC(C)CC(=O)NC(C)c1nc2ccccc2[nH]1. The molecule has 18 heavy (non-hydrogen) atoms. The molecule has 1 unspecified atom stereocenters. The molecule has 1 amide bonds. The second-order valence-electron chi connectivity index (χ2n) is 5.03. The van der Waals surface area contributed by atoms with Crippen molar-refractivity contribution in [2.45, 2.75) is 33.2 Å². The highest BCUT2D eigenvalue weighted by Gasteiger charge is 2.13. The summed E-state index contributed by atoms with van der Waals surface area (Å²) in [6, 6.07) is 7.76. The van der Waals surface area contributed by atoms with Crippen LogP contribution in [0.2, 0.25) is 0 Å². The Balaban J connectivity index is 2.08. The van der Waals surface area contributed by atoms with Gasteiger partial charge in [-0.25, -0.2) is 4.98 Å². The van der Waals surface area contributed by atoms with Crippen molar-refractivity contribution >= 4 is 16.9 Å². The van der Waals surface area contributed by atoms with E-state index in [-0.39, 0.29) is 11.9 Å². The Morgan fingerprint density at radius 1 is 1.33 bits per heavy atom. The van der Waals surface area contributed by atoms with Gasteiger partial charge < -0.3 is 10.3 Å². The monoisotopic (exact) mass is 245 g/mol. The number of rotatable bonds is 4. The minimum atomic E-state index is -0.0938. The highest BCUT2D eigenvalue weighted by molar-refractivity contribution is 5.77. The summed E-state index contributed by atoms with van der Waals surface area (Å²) in [6.07, 6.45) is 0.546. The van der Waals surface area contributed by atoms with Crippen LogP contribution < -0.4 is 5.32 Å². The number of aromatic nitrogens is 2. The van der Waals surface area contributed by atoms with Gasteiger partial charge in [-0.15, -0.1) is 0 Å². The summed E-state index contributed by atoms with van der Waals surface area (Å²) in [5.74, 6) is 1.24. The van der Waals surface area contributed by atoms with E-state index in [9.17, 15) is 4.79 Å². The molecule has 0 radical (unpaired) electrons. The molecule has 0 spiro atoms. The zero-order chi connectivity index (χ0) is 13.1. The van der Waals surface area contributed by atoms with Gasteiger partial charge in [0.15, 0.2) is 0 Å². The van der Waals surface area contributed by atoms with Crippen LogP contribution in [0.15, 0.2) is 24.3 Å². The summed E-state index contributed by atoms with van der Waals surface area (Å²) in [4.78, 5) is 19.4. The first-order valence-corrected chi connectivity index (χ1v) is 6.30. The van der Waals surface area contributed by atoms with Crippen LogP contribution in [-0.4, -0.2) is 15.9 Å². The zero-order valence-electron chi connectivity index (χ0n) is 11.0. The van der Waals surface area contributed by atoms with Crippen LogP contribution in [-0.2, 0) is 4.79 Å². The molecular weight excluding hydrogens is 226 g/mol. The number of amides is 1. The molecule has 4 nitrogen and oxygen atoms in total. The number of hydrogen-bond donors (Lipinski definition) is 2. The van der Waals surface area contributed by atoms with Gasteiger partial charge in [0.25, 0.3) is 0 Å². The average molecular weight is 245 g/mol. The number of nitrogens with zero attached hydrogens (tertiary/aromatic N) is 1. The van der Waals surface area contributed by atoms with Gasteiger partial charge in [0.2, 0.25) is 5.91 Å². The van der Waals surface area contributed by atoms with Gasteiger partial charge in [0, 0.05) is 6.42 Å². The Morgan fingerprint density at radius 2 is 2.06 bits per heavy atom. The summed E-state index contributed by atoms with van der Waals surface area (Å²) < 4.78 is 0. The van der Waals surface area contributed by atoms with E-state index < -0.39 is 0 Å². The maximum absolute atomic E-state index is 11.7. The van der Waals surface area contributed by atoms with Crippen LogP contribution in [0, 0.1) is 5.92 Å². The summed E-state index contributed by atoms with van der Waals surface area (Å²) in [5, 5.41) is 2.96. The summed E-state index contributed by atoms with van der Waals surface area (Å²) >= 11 is 0. The highest BCUT2D eigenvalue weighted by atomic mass is 16.1. The number of para-hydroxylation sites is 2. The Labute approximate surface area is 107 Å². The molecule has 2 aromatic rings. The highest BCUT2D eigenvalue weighted by Crippen LogP contribution is 2.15. The number of carbonyl (C=O) groups is 1. The maximum Gasteiger partial charge on any atom is 0.220 e. The molecule has 2 N–H and O–H groups in total. The van der Waals surface area contributed by atoms with E-state index in [0.29, 0.717) is 12.3 Å². The predicted molar refractivity (Wildman–Crippen MR) is 72.1 cm³/mol. The van der Waals surface area contributed by atoms with Crippen molar-refractivity contribution in [3.8, 4) is 0 Å². The number of hydrogen-bond acceptors (Lipinski definition) is 2. The van der Waals surface area contributed by atoms with E-state index >= 15 is 0 Å². The summed E-state index contributed by atoms with van der Waals surface area (Å²) in [5.41, 5.74) is 1.93. The van der Waals surface area contributed by atoms with E-state index in [4.69, 9.17) is 0 Å². The number of fused-ring (bicyclic) bond motifs is 1. The van der Waals surface area contributed by atoms with E-state index in [1.807, 2.05) is 45.0 Å². The number of benzene rings is 1. The van der Waals surface area contributed by atoms with Gasteiger partial charge in [-0.2, -0.15) is 0 Å². The Kier molecular flexibility index (Phi) is 3.65. The number of nitrogens with one attached hydrogen (secondary N) is 2. The zero-order valence-corrected chi connectivity index (χ0v) is 11.0. The fraction of sp³-hybridized carbons (Fsp3) is 0.429. The third kappa shape index (κ3) is 2.88. The quantitative estimate of drug-likeness (QED) is 0.870. The van der Waals surface area contributed by atoms with Gasteiger partial charge in [-0.05, 0) is 25.0 Å². The van der Waals surface area contributed by atoms with Crippen molar-refractivity contribution < 1.29 is 4.79 Å². The van der Waals surface area contributed by atoms with Crippen LogP contribution in [0.1, 0.15) is 39.1 Å². The van der Waals surface area contributed by atoms with Crippen molar-refractivity contribution in [2.75, 3.05) is 0 Å². The molecule has 0 saturated carbocycles. The number of imidazole rings is 1. The normalized spacial score (nSPS) is 12.9. The molecule has 96 valence electrons. The molecule has 1 atom stereocenters.